The lowest BCUT2D eigenvalue weighted by molar-refractivity contribution is 0.569. The fourth-order valence-electron chi connectivity index (χ4n) is 2.68. The van der Waals surface area contributed by atoms with Gasteiger partial charge in [0.2, 0.25) is 10.0 Å². The van der Waals surface area contributed by atoms with Crippen LogP contribution < -0.4 is 15.4 Å². The van der Waals surface area contributed by atoms with Crippen molar-refractivity contribution < 1.29 is 8.42 Å². The Hall–Kier alpha value is -1.24. The van der Waals surface area contributed by atoms with Gasteiger partial charge in [-0.25, -0.2) is 23.1 Å². The highest BCUT2D eigenvalue weighted by Crippen LogP contribution is 2.11. The minimum absolute atomic E-state index is 0. The number of aryl methyl sites for hydroxylation is 1. The molecule has 3 N–H and O–H groups in total. The van der Waals surface area contributed by atoms with Crippen LogP contribution in [0, 0.1) is 6.92 Å². The van der Waals surface area contributed by atoms with Crippen LogP contribution in [-0.4, -0.2) is 38.5 Å². The Balaban J connectivity index is 0.00000450. The molecule has 0 aliphatic carbocycles. The standard InChI is InChI=1S/C20H31N5O2S2.HI/c1-5-21-20(22-11-10-19-23-12-16(4)28-19)24-13-17-6-8-18(9-7-17)14-29(26,27)25-15(2)3;/h6-9,12,15,25H,5,10-11,13-14H2,1-4H3,(H2,21,22,24);1H. The third kappa shape index (κ3) is 10.2. The first-order valence-electron chi connectivity index (χ1n) is 9.78. The molecule has 0 radical (unpaired) electrons. The van der Waals surface area contributed by atoms with Gasteiger partial charge in [-0.05, 0) is 38.8 Å². The maximum atomic E-state index is 12.0. The molecular formula is C20H32IN5O2S2. The van der Waals surface area contributed by atoms with Gasteiger partial charge in [0, 0.05) is 36.6 Å². The van der Waals surface area contributed by atoms with Crippen molar-refractivity contribution in [3.8, 4) is 0 Å². The molecule has 1 aromatic heterocycles. The highest BCUT2D eigenvalue weighted by molar-refractivity contribution is 14.0. The van der Waals surface area contributed by atoms with Gasteiger partial charge in [0.25, 0.3) is 0 Å². The molecule has 2 aromatic rings. The first kappa shape index (κ1) is 26.8. The third-order valence-electron chi connectivity index (χ3n) is 3.86. The molecule has 30 heavy (non-hydrogen) atoms. The lowest BCUT2D eigenvalue weighted by atomic mass is 10.1. The van der Waals surface area contributed by atoms with E-state index >= 15 is 0 Å². The van der Waals surface area contributed by atoms with E-state index in [1.165, 1.54) is 4.88 Å². The van der Waals surface area contributed by atoms with Crippen molar-refractivity contribution in [3.05, 3.63) is 51.5 Å². The summed E-state index contributed by atoms with van der Waals surface area (Å²) in [7, 11) is -3.31. The number of aromatic nitrogens is 1. The fourth-order valence-corrected chi connectivity index (χ4v) is 4.90. The molecule has 2 rings (SSSR count). The number of rotatable bonds is 10. The average Bonchev–Trinajstić information content (AvgIpc) is 3.04. The van der Waals surface area contributed by atoms with Crippen molar-refractivity contribution in [1.82, 2.24) is 20.3 Å². The lowest BCUT2D eigenvalue weighted by Gasteiger charge is -2.11. The molecule has 0 amide bonds. The molecule has 168 valence electrons. The van der Waals surface area contributed by atoms with E-state index in [-0.39, 0.29) is 35.8 Å². The SMILES string of the molecule is CCNC(=NCc1ccc(CS(=O)(=O)NC(C)C)cc1)NCCc1ncc(C)s1.I. The smallest absolute Gasteiger partial charge is 0.216 e. The van der Waals surface area contributed by atoms with Gasteiger partial charge in [0.15, 0.2) is 5.96 Å². The second kappa shape index (κ2) is 13.2. The van der Waals surface area contributed by atoms with Gasteiger partial charge in [0.1, 0.15) is 0 Å². The van der Waals surface area contributed by atoms with Gasteiger partial charge in [-0.2, -0.15) is 0 Å². The number of nitrogens with one attached hydrogen (secondary N) is 3. The van der Waals surface area contributed by atoms with Gasteiger partial charge in [-0.15, -0.1) is 35.3 Å². The van der Waals surface area contributed by atoms with E-state index in [9.17, 15) is 8.42 Å². The zero-order chi connectivity index (χ0) is 21.3. The van der Waals surface area contributed by atoms with Crippen molar-refractivity contribution in [3.63, 3.8) is 0 Å². The summed E-state index contributed by atoms with van der Waals surface area (Å²) in [6.07, 6.45) is 2.75. The Labute approximate surface area is 201 Å². The Morgan fingerprint density at radius 1 is 1.17 bits per heavy atom. The molecule has 0 saturated carbocycles. The molecule has 7 nitrogen and oxygen atoms in total. The second-order valence-electron chi connectivity index (χ2n) is 7.08. The van der Waals surface area contributed by atoms with Gasteiger partial charge >= 0.3 is 0 Å². The van der Waals surface area contributed by atoms with Crippen molar-refractivity contribution in [2.75, 3.05) is 13.1 Å². The van der Waals surface area contributed by atoms with Crippen LogP contribution >= 0.6 is 35.3 Å². The molecule has 1 aromatic carbocycles. The third-order valence-corrected chi connectivity index (χ3v) is 6.38. The summed E-state index contributed by atoms with van der Waals surface area (Å²) in [5.41, 5.74) is 1.78. The Morgan fingerprint density at radius 2 is 1.83 bits per heavy atom. The summed E-state index contributed by atoms with van der Waals surface area (Å²) < 4.78 is 26.7. The number of nitrogens with zero attached hydrogens (tertiary/aromatic N) is 2. The first-order valence-corrected chi connectivity index (χ1v) is 12.3. The quantitative estimate of drug-likeness (QED) is 0.234. The Morgan fingerprint density at radius 3 is 2.40 bits per heavy atom. The summed E-state index contributed by atoms with van der Waals surface area (Å²) >= 11 is 1.71. The van der Waals surface area contributed by atoms with E-state index in [0.717, 1.165) is 41.6 Å². The number of hydrogen-bond acceptors (Lipinski definition) is 5. The fraction of sp³-hybridized carbons (Fsp3) is 0.500. The van der Waals surface area contributed by atoms with E-state index < -0.39 is 10.0 Å². The number of halogens is 1. The van der Waals surface area contributed by atoms with Crippen LogP contribution in [0.15, 0.2) is 35.5 Å². The lowest BCUT2D eigenvalue weighted by Crippen LogP contribution is -2.38. The average molecular weight is 566 g/mol. The van der Waals surface area contributed by atoms with Gasteiger partial charge in [-0.1, -0.05) is 24.3 Å². The maximum absolute atomic E-state index is 12.0. The highest BCUT2D eigenvalue weighted by Gasteiger charge is 2.12. The summed E-state index contributed by atoms with van der Waals surface area (Å²) in [6.45, 7) is 9.77. The number of sulfonamides is 1. The zero-order valence-corrected chi connectivity index (χ0v) is 21.9. The van der Waals surface area contributed by atoms with Gasteiger partial charge in [-0.3, -0.25) is 0 Å². The minimum Gasteiger partial charge on any atom is -0.357 e. The Kier molecular flexibility index (Phi) is 11.8. The molecule has 0 fully saturated rings. The molecule has 0 unspecified atom stereocenters. The molecule has 0 aliphatic heterocycles. The number of guanidine groups is 1. The van der Waals surface area contributed by atoms with E-state index in [0.29, 0.717) is 6.54 Å². The first-order chi connectivity index (χ1) is 13.8. The van der Waals surface area contributed by atoms with Crippen LogP contribution in [0.1, 0.15) is 41.8 Å². The van der Waals surface area contributed by atoms with Crippen LogP contribution in [0.5, 0.6) is 0 Å². The van der Waals surface area contributed by atoms with E-state index in [4.69, 9.17) is 0 Å². The largest absolute Gasteiger partial charge is 0.357 e. The van der Waals surface area contributed by atoms with Crippen molar-refractivity contribution in [2.24, 2.45) is 4.99 Å². The molecule has 0 atom stereocenters. The number of hydrogen-bond donors (Lipinski definition) is 3. The summed E-state index contributed by atoms with van der Waals surface area (Å²) in [5.74, 6) is 0.739. The minimum atomic E-state index is -3.31. The molecular weight excluding hydrogens is 533 g/mol. The van der Waals surface area contributed by atoms with E-state index in [1.807, 2.05) is 51.2 Å². The summed E-state index contributed by atoms with van der Waals surface area (Å²) in [6, 6.07) is 7.42. The van der Waals surface area contributed by atoms with E-state index in [1.54, 1.807) is 11.3 Å². The van der Waals surface area contributed by atoms with Crippen LogP contribution in [0.3, 0.4) is 0 Å². The zero-order valence-electron chi connectivity index (χ0n) is 17.9. The molecule has 10 heteroatoms. The van der Waals surface area contributed by atoms with E-state index in [2.05, 4.69) is 32.3 Å². The van der Waals surface area contributed by atoms with Crippen LogP contribution in [0.4, 0.5) is 0 Å². The van der Waals surface area contributed by atoms with Gasteiger partial charge < -0.3 is 10.6 Å². The topological polar surface area (TPSA) is 95.5 Å². The van der Waals surface area contributed by atoms with Crippen molar-refractivity contribution in [1.29, 1.82) is 0 Å². The van der Waals surface area contributed by atoms with Crippen molar-refractivity contribution >= 4 is 51.3 Å². The molecule has 0 aliphatic rings. The number of aliphatic imine (C=N–C) groups is 1. The molecule has 0 saturated heterocycles. The number of thiazole rings is 1. The van der Waals surface area contributed by atoms with Crippen LogP contribution in [0.25, 0.3) is 0 Å². The monoisotopic (exact) mass is 565 g/mol. The molecule has 0 bridgehead atoms. The van der Waals surface area contributed by atoms with Gasteiger partial charge in [0.05, 0.1) is 17.3 Å². The summed E-state index contributed by atoms with van der Waals surface area (Å²) in [5, 5.41) is 7.68. The second-order valence-corrected chi connectivity index (χ2v) is 10.2. The summed E-state index contributed by atoms with van der Waals surface area (Å²) in [4.78, 5) is 10.2. The Bertz CT molecular complexity index is 896. The predicted molar refractivity (Wildman–Crippen MR) is 136 cm³/mol. The maximum Gasteiger partial charge on any atom is 0.216 e. The van der Waals surface area contributed by atoms with Crippen molar-refractivity contribution in [2.45, 2.75) is 52.5 Å². The van der Waals surface area contributed by atoms with Crippen LogP contribution in [-0.2, 0) is 28.7 Å². The highest BCUT2D eigenvalue weighted by atomic mass is 127. The normalized spacial score (nSPS) is 12.0. The number of benzene rings is 1. The van der Waals surface area contributed by atoms with Crippen LogP contribution in [0.2, 0.25) is 0 Å². The predicted octanol–water partition coefficient (Wildman–Crippen LogP) is 3.20. The molecule has 1 heterocycles. The molecule has 0 spiro atoms.